The lowest BCUT2D eigenvalue weighted by Crippen LogP contribution is -2.43. The Labute approximate surface area is 153 Å². The highest BCUT2D eigenvalue weighted by molar-refractivity contribution is 6.90. The monoisotopic (exact) mass is 356 g/mol. The van der Waals surface area contributed by atoms with Gasteiger partial charge in [-0.1, -0.05) is 72.7 Å². The predicted octanol–water partition coefficient (Wildman–Crippen LogP) is 6.43. The molecule has 0 rings (SSSR count). The Morgan fingerprint density at radius 2 is 1.12 bits per heavy atom. The molecule has 2 heteroatoms. The van der Waals surface area contributed by atoms with Gasteiger partial charge in [-0.2, -0.15) is 0 Å². The Morgan fingerprint density at radius 3 is 1.46 bits per heavy atom. The zero-order chi connectivity index (χ0) is 19.1. The maximum Gasteiger partial charge on any atom is 0.147 e. The molecule has 0 radical (unpaired) electrons. The minimum absolute atomic E-state index is 0.640. The lowest BCUT2D eigenvalue weighted by molar-refractivity contribution is 0.838. The molecule has 0 N–H and O–H groups in total. The van der Waals surface area contributed by atoms with Gasteiger partial charge in [-0.15, -0.1) is 11.1 Å². The molecule has 0 fully saturated rings. The average molecular weight is 357 g/mol. The molecule has 132 valence electrons. The molecule has 0 amide bonds. The van der Waals surface area contributed by atoms with Crippen molar-refractivity contribution in [2.24, 2.45) is 0 Å². The third kappa shape index (κ3) is 6.77. The second-order valence-electron chi connectivity index (χ2n) is 8.77. The highest BCUT2D eigenvalue weighted by Gasteiger charge is 2.41. The van der Waals surface area contributed by atoms with Crippen LogP contribution >= 0.6 is 0 Å². The van der Waals surface area contributed by atoms with Gasteiger partial charge in [-0.25, -0.2) is 0 Å². The summed E-state index contributed by atoms with van der Waals surface area (Å²) in [5.41, 5.74) is 11.1. The highest BCUT2D eigenvalue weighted by atomic mass is 28.3. The molecule has 0 aromatic carbocycles. The summed E-state index contributed by atoms with van der Waals surface area (Å²) in [7, 11) is -3.06. The quantitative estimate of drug-likeness (QED) is 0.404. The van der Waals surface area contributed by atoms with Crippen molar-refractivity contribution in [1.82, 2.24) is 0 Å². The summed E-state index contributed by atoms with van der Waals surface area (Å²) in [5, 5.41) is 0. The minimum Gasteiger partial charge on any atom is -0.126 e. The van der Waals surface area contributed by atoms with E-state index in [0.717, 1.165) is 5.57 Å². The fraction of sp³-hybridized carbons (Fsp3) is 0.636. The summed E-state index contributed by atoms with van der Waals surface area (Å²) in [5.74, 6) is 12.8. The minimum atomic E-state index is -1.68. The van der Waals surface area contributed by atoms with E-state index in [9.17, 15) is 0 Å². The molecule has 24 heavy (non-hydrogen) atoms. The molecule has 0 unspecified atom stereocenters. The van der Waals surface area contributed by atoms with Gasteiger partial charge in [0.25, 0.3) is 0 Å². The van der Waals surface area contributed by atoms with E-state index in [1.54, 1.807) is 0 Å². The van der Waals surface area contributed by atoms with Crippen LogP contribution in [0, 0.1) is 34.8 Å². The fourth-order valence-corrected chi connectivity index (χ4v) is 8.84. The Balaban J connectivity index is 5.76. The molecule has 0 heterocycles. The van der Waals surface area contributed by atoms with Crippen LogP contribution in [0.4, 0.5) is 0 Å². The van der Waals surface area contributed by atoms with Crippen LogP contribution in [0.15, 0.2) is 11.1 Å². The van der Waals surface area contributed by atoms with E-state index >= 15 is 0 Å². The molecule has 0 nitrogen and oxygen atoms in total. The first kappa shape index (κ1) is 22.9. The van der Waals surface area contributed by atoms with E-state index in [1.165, 1.54) is 5.57 Å². The van der Waals surface area contributed by atoms with Crippen molar-refractivity contribution in [3.8, 4) is 34.8 Å². The Morgan fingerprint density at radius 1 is 0.667 bits per heavy atom. The van der Waals surface area contributed by atoms with Crippen LogP contribution in [0.3, 0.4) is 0 Å². The Hall–Kier alpha value is -1.15. The first-order chi connectivity index (χ1) is 10.8. The third-order valence-electron chi connectivity index (χ3n) is 4.46. The maximum atomic E-state index is 3.65. The van der Waals surface area contributed by atoms with Crippen LogP contribution in [0.1, 0.15) is 55.4 Å². The molecule has 0 aliphatic rings. The van der Waals surface area contributed by atoms with Crippen molar-refractivity contribution in [2.45, 2.75) is 91.7 Å². The first-order valence-electron chi connectivity index (χ1n) is 9.08. The van der Waals surface area contributed by atoms with Crippen LogP contribution < -0.4 is 0 Å². The summed E-state index contributed by atoms with van der Waals surface area (Å²) < 4.78 is 0. The zero-order valence-corrected chi connectivity index (χ0v) is 19.7. The topological polar surface area (TPSA) is 0 Å². The first-order valence-corrected chi connectivity index (χ1v) is 14.8. The summed E-state index contributed by atoms with van der Waals surface area (Å²) in [6.45, 7) is 24.9. The molecular weight excluding hydrogens is 320 g/mol. The molecule has 0 bridgehead atoms. The van der Waals surface area contributed by atoms with Crippen molar-refractivity contribution >= 4 is 16.1 Å². The van der Waals surface area contributed by atoms with Gasteiger partial charge in [0.05, 0.1) is 5.57 Å². The highest BCUT2D eigenvalue weighted by Crippen LogP contribution is 2.40. The van der Waals surface area contributed by atoms with E-state index in [-0.39, 0.29) is 0 Å². The van der Waals surface area contributed by atoms with E-state index in [2.05, 4.69) is 110 Å². The standard InChI is InChI=1S/C22H36Si2/c1-18(2)22(15-17-23(9,10)11)14-12-13-16-24(19(3)4,20(5)6)21(7)8/h19-21H,1-11H3. The Kier molecular flexibility index (Phi) is 8.92. The van der Waals surface area contributed by atoms with E-state index in [4.69, 9.17) is 0 Å². The van der Waals surface area contributed by atoms with E-state index in [1.807, 2.05) is 0 Å². The van der Waals surface area contributed by atoms with Gasteiger partial charge in [-0.3, -0.25) is 0 Å². The van der Waals surface area contributed by atoms with Crippen LogP contribution in [-0.4, -0.2) is 16.1 Å². The van der Waals surface area contributed by atoms with Crippen LogP contribution in [-0.2, 0) is 0 Å². The van der Waals surface area contributed by atoms with Crippen LogP contribution in [0.2, 0.25) is 36.3 Å². The molecule has 0 spiro atoms. The van der Waals surface area contributed by atoms with Gasteiger partial charge in [0, 0.05) is 0 Å². The van der Waals surface area contributed by atoms with Crippen molar-refractivity contribution in [3.63, 3.8) is 0 Å². The number of allylic oxidation sites excluding steroid dienone is 2. The molecule has 0 saturated heterocycles. The SMILES string of the molecule is CC(C)=C(C#CC#C[Si](C(C)C)(C(C)C)C(C)C)C#C[Si](C)(C)C. The lowest BCUT2D eigenvalue weighted by atomic mass is 10.2. The number of hydrogen-bond donors (Lipinski definition) is 0. The van der Waals surface area contributed by atoms with Crippen LogP contribution in [0.5, 0.6) is 0 Å². The summed E-state index contributed by atoms with van der Waals surface area (Å²) in [6, 6.07) is 0. The van der Waals surface area contributed by atoms with E-state index < -0.39 is 16.1 Å². The number of rotatable bonds is 3. The normalized spacial score (nSPS) is 11.2. The van der Waals surface area contributed by atoms with Crippen molar-refractivity contribution in [2.75, 3.05) is 0 Å². The van der Waals surface area contributed by atoms with Gasteiger partial charge in [0.2, 0.25) is 0 Å². The van der Waals surface area contributed by atoms with Gasteiger partial charge >= 0.3 is 0 Å². The Bertz CT molecular complexity index is 610. The summed E-state index contributed by atoms with van der Waals surface area (Å²) in [6.07, 6.45) is 0. The fourth-order valence-electron chi connectivity index (χ4n) is 3.20. The van der Waals surface area contributed by atoms with Gasteiger partial charge in [0.1, 0.15) is 16.1 Å². The third-order valence-corrected chi connectivity index (χ3v) is 11.6. The van der Waals surface area contributed by atoms with Gasteiger partial charge in [0.15, 0.2) is 0 Å². The molecule has 0 aromatic rings. The molecule has 0 aromatic heterocycles. The largest absolute Gasteiger partial charge is 0.147 e. The zero-order valence-electron chi connectivity index (χ0n) is 17.7. The molecule has 0 aliphatic heterocycles. The van der Waals surface area contributed by atoms with Gasteiger partial charge in [-0.05, 0) is 48.2 Å². The van der Waals surface area contributed by atoms with Crippen molar-refractivity contribution < 1.29 is 0 Å². The predicted molar refractivity (Wildman–Crippen MR) is 116 cm³/mol. The second-order valence-corrected chi connectivity index (χ2v) is 19.1. The smallest absolute Gasteiger partial charge is 0.126 e. The summed E-state index contributed by atoms with van der Waals surface area (Å²) >= 11 is 0. The summed E-state index contributed by atoms with van der Waals surface area (Å²) in [4.78, 5) is 0. The van der Waals surface area contributed by atoms with Gasteiger partial charge < -0.3 is 0 Å². The molecular formula is C22H36Si2. The molecule has 0 atom stereocenters. The number of hydrogen-bond acceptors (Lipinski definition) is 0. The van der Waals surface area contributed by atoms with Crippen molar-refractivity contribution in [1.29, 1.82) is 0 Å². The van der Waals surface area contributed by atoms with E-state index in [0.29, 0.717) is 16.6 Å². The average Bonchev–Trinajstić information content (AvgIpc) is 2.38. The van der Waals surface area contributed by atoms with Crippen molar-refractivity contribution in [3.05, 3.63) is 11.1 Å². The molecule has 0 aliphatic carbocycles. The van der Waals surface area contributed by atoms with Crippen LogP contribution in [0.25, 0.3) is 0 Å². The lowest BCUT2D eigenvalue weighted by Gasteiger charge is -2.37. The molecule has 0 saturated carbocycles. The maximum absolute atomic E-state index is 3.65. The second kappa shape index (κ2) is 9.37.